The smallest absolute Gasteiger partial charge is 0.303 e. The first-order valence-corrected chi connectivity index (χ1v) is 6.10. The van der Waals surface area contributed by atoms with Gasteiger partial charge in [0, 0.05) is 4.47 Å². The number of benzene rings is 1. The Labute approximate surface area is 103 Å². The summed E-state index contributed by atoms with van der Waals surface area (Å²) in [5, 5.41) is 8.90. The Bertz CT molecular complexity index is 403. The molecule has 0 aliphatic carbocycles. The van der Waals surface area contributed by atoms with E-state index in [-0.39, 0.29) is 12.3 Å². The maximum Gasteiger partial charge on any atom is 0.303 e. The molecule has 0 amide bonds. The van der Waals surface area contributed by atoms with E-state index in [4.69, 9.17) is 9.84 Å². The number of aliphatic carboxylic acids is 1. The second kappa shape index (κ2) is 4.87. The third kappa shape index (κ3) is 2.55. The van der Waals surface area contributed by atoms with E-state index >= 15 is 0 Å². The van der Waals surface area contributed by atoms with Crippen LogP contribution >= 0.6 is 15.9 Å². The summed E-state index contributed by atoms with van der Waals surface area (Å²) in [6.07, 6.45) is 1.95. The normalized spacial score (nSPS) is 19.4. The van der Waals surface area contributed by atoms with E-state index in [2.05, 4.69) is 15.9 Å². The molecule has 86 valence electrons. The first kappa shape index (κ1) is 11.5. The molecule has 2 rings (SSSR count). The molecule has 4 heteroatoms. The van der Waals surface area contributed by atoms with Gasteiger partial charge in [-0.2, -0.15) is 0 Å². The van der Waals surface area contributed by atoms with Crippen LogP contribution in [-0.4, -0.2) is 17.7 Å². The summed E-state index contributed by atoms with van der Waals surface area (Å²) in [4.78, 5) is 10.8. The van der Waals surface area contributed by atoms with Crippen molar-refractivity contribution in [1.82, 2.24) is 0 Å². The van der Waals surface area contributed by atoms with Crippen molar-refractivity contribution in [3.05, 3.63) is 28.2 Å². The van der Waals surface area contributed by atoms with E-state index in [1.54, 1.807) is 0 Å². The molecule has 1 atom stereocenters. The molecular formula is C12H13BrO3. The lowest BCUT2D eigenvalue weighted by atomic mass is 9.91. The summed E-state index contributed by atoms with van der Waals surface area (Å²) in [6.45, 7) is 0.671. The van der Waals surface area contributed by atoms with E-state index in [0.717, 1.165) is 28.6 Å². The van der Waals surface area contributed by atoms with Crippen LogP contribution in [0.4, 0.5) is 0 Å². The van der Waals surface area contributed by atoms with Gasteiger partial charge in [-0.15, -0.1) is 0 Å². The van der Waals surface area contributed by atoms with Gasteiger partial charge in [-0.05, 0) is 42.5 Å². The van der Waals surface area contributed by atoms with Crippen molar-refractivity contribution in [2.45, 2.75) is 25.2 Å². The number of carboxylic acids is 1. The van der Waals surface area contributed by atoms with Gasteiger partial charge < -0.3 is 9.84 Å². The number of halogens is 1. The van der Waals surface area contributed by atoms with E-state index < -0.39 is 5.97 Å². The Hall–Kier alpha value is -1.03. The second-order valence-corrected chi connectivity index (χ2v) is 4.88. The molecule has 0 saturated carbocycles. The van der Waals surface area contributed by atoms with Crippen molar-refractivity contribution in [3.8, 4) is 5.75 Å². The molecular weight excluding hydrogens is 272 g/mol. The third-order valence-electron chi connectivity index (χ3n) is 2.79. The van der Waals surface area contributed by atoms with E-state index in [0.29, 0.717) is 6.61 Å². The van der Waals surface area contributed by atoms with E-state index in [9.17, 15) is 4.79 Å². The Morgan fingerprint density at radius 3 is 3.12 bits per heavy atom. The lowest BCUT2D eigenvalue weighted by Crippen LogP contribution is -2.05. The number of fused-ring (bicyclic) bond motifs is 1. The zero-order valence-corrected chi connectivity index (χ0v) is 10.4. The molecule has 1 aliphatic heterocycles. The summed E-state index contributed by atoms with van der Waals surface area (Å²) in [5.41, 5.74) is 1.01. The van der Waals surface area contributed by atoms with Gasteiger partial charge in [-0.25, -0.2) is 0 Å². The second-order valence-electron chi connectivity index (χ2n) is 3.97. The van der Waals surface area contributed by atoms with Gasteiger partial charge in [0.2, 0.25) is 0 Å². The molecule has 0 spiro atoms. The lowest BCUT2D eigenvalue weighted by Gasteiger charge is -2.14. The molecule has 1 aromatic rings. The maximum atomic E-state index is 10.8. The zero-order valence-electron chi connectivity index (χ0n) is 8.78. The first-order valence-electron chi connectivity index (χ1n) is 5.31. The Morgan fingerprint density at radius 2 is 2.38 bits per heavy atom. The summed E-state index contributed by atoms with van der Waals surface area (Å²) >= 11 is 3.41. The molecule has 0 radical (unpaired) electrons. The van der Waals surface area contributed by atoms with Gasteiger partial charge >= 0.3 is 5.97 Å². The molecule has 1 heterocycles. The minimum Gasteiger partial charge on any atom is -0.493 e. The average Bonchev–Trinajstić information content (AvgIpc) is 2.41. The number of hydrogen-bond acceptors (Lipinski definition) is 2. The molecule has 16 heavy (non-hydrogen) atoms. The summed E-state index contributed by atoms with van der Waals surface area (Å²) < 4.78 is 6.57. The van der Waals surface area contributed by atoms with Gasteiger partial charge in [0.05, 0.1) is 13.0 Å². The zero-order chi connectivity index (χ0) is 11.5. The van der Waals surface area contributed by atoms with Crippen molar-refractivity contribution in [2.24, 2.45) is 0 Å². The van der Waals surface area contributed by atoms with Crippen LogP contribution in [0, 0.1) is 0 Å². The number of rotatable bonds is 2. The van der Waals surface area contributed by atoms with Crippen molar-refractivity contribution >= 4 is 21.9 Å². The van der Waals surface area contributed by atoms with E-state index in [1.807, 2.05) is 18.2 Å². The fourth-order valence-electron chi connectivity index (χ4n) is 2.06. The quantitative estimate of drug-likeness (QED) is 0.907. The van der Waals surface area contributed by atoms with Crippen LogP contribution in [0.25, 0.3) is 0 Å². The van der Waals surface area contributed by atoms with Crippen molar-refractivity contribution in [1.29, 1.82) is 0 Å². The molecule has 1 unspecified atom stereocenters. The number of carboxylic acid groups (broad SMARTS) is 1. The van der Waals surface area contributed by atoms with Gasteiger partial charge in [0.1, 0.15) is 5.75 Å². The highest BCUT2D eigenvalue weighted by Crippen LogP contribution is 2.36. The highest BCUT2D eigenvalue weighted by atomic mass is 79.9. The van der Waals surface area contributed by atoms with Crippen LogP contribution in [-0.2, 0) is 4.79 Å². The minimum atomic E-state index is -0.752. The Kier molecular flexibility index (Phi) is 3.49. The fourth-order valence-corrected chi connectivity index (χ4v) is 2.44. The number of ether oxygens (including phenoxy) is 1. The molecule has 1 N–H and O–H groups in total. The lowest BCUT2D eigenvalue weighted by molar-refractivity contribution is -0.137. The maximum absolute atomic E-state index is 10.8. The van der Waals surface area contributed by atoms with Crippen LogP contribution < -0.4 is 4.74 Å². The van der Waals surface area contributed by atoms with Crippen LogP contribution in [0.15, 0.2) is 22.7 Å². The van der Waals surface area contributed by atoms with Crippen LogP contribution in [0.2, 0.25) is 0 Å². The minimum absolute atomic E-state index is 0.0625. The Morgan fingerprint density at radius 1 is 1.56 bits per heavy atom. The summed E-state index contributed by atoms with van der Waals surface area (Å²) in [6, 6.07) is 5.79. The summed E-state index contributed by atoms with van der Waals surface area (Å²) in [7, 11) is 0. The number of hydrogen-bond donors (Lipinski definition) is 1. The average molecular weight is 285 g/mol. The molecule has 0 fully saturated rings. The molecule has 0 bridgehead atoms. The molecule has 0 saturated heterocycles. The van der Waals surface area contributed by atoms with Gasteiger partial charge in [0.25, 0.3) is 0 Å². The first-order chi connectivity index (χ1) is 7.66. The molecule has 3 nitrogen and oxygen atoms in total. The Balaban J connectivity index is 2.34. The van der Waals surface area contributed by atoms with Crippen LogP contribution in [0.3, 0.4) is 0 Å². The topological polar surface area (TPSA) is 46.5 Å². The standard InChI is InChI=1S/C12H13BrO3/c13-9-3-4-11-10(7-9)8(6-12(14)15)2-1-5-16-11/h3-4,7-8H,1-2,5-6H2,(H,14,15). The number of carbonyl (C=O) groups is 1. The van der Waals surface area contributed by atoms with Crippen molar-refractivity contribution in [3.63, 3.8) is 0 Å². The fraction of sp³-hybridized carbons (Fsp3) is 0.417. The third-order valence-corrected chi connectivity index (χ3v) is 3.28. The highest BCUT2D eigenvalue weighted by molar-refractivity contribution is 9.10. The SMILES string of the molecule is O=C(O)CC1CCCOc2ccc(Br)cc21. The predicted octanol–water partition coefficient (Wildman–Crippen LogP) is 3.18. The summed E-state index contributed by atoms with van der Waals surface area (Å²) in [5.74, 6) is 0.136. The van der Waals surface area contributed by atoms with E-state index in [1.165, 1.54) is 0 Å². The van der Waals surface area contributed by atoms with Crippen LogP contribution in [0.1, 0.15) is 30.7 Å². The van der Waals surface area contributed by atoms with Crippen molar-refractivity contribution in [2.75, 3.05) is 6.61 Å². The predicted molar refractivity (Wildman–Crippen MR) is 63.9 cm³/mol. The van der Waals surface area contributed by atoms with Gasteiger partial charge in [0.15, 0.2) is 0 Å². The van der Waals surface area contributed by atoms with Crippen LogP contribution in [0.5, 0.6) is 5.75 Å². The van der Waals surface area contributed by atoms with Gasteiger partial charge in [-0.3, -0.25) is 4.79 Å². The highest BCUT2D eigenvalue weighted by Gasteiger charge is 2.22. The monoisotopic (exact) mass is 284 g/mol. The van der Waals surface area contributed by atoms with Crippen molar-refractivity contribution < 1.29 is 14.6 Å². The molecule has 1 aliphatic rings. The largest absolute Gasteiger partial charge is 0.493 e. The molecule has 1 aromatic carbocycles. The molecule has 0 aromatic heterocycles. The van der Waals surface area contributed by atoms with Gasteiger partial charge in [-0.1, -0.05) is 15.9 Å².